The van der Waals surface area contributed by atoms with Crippen molar-refractivity contribution in [1.82, 2.24) is 10.3 Å². The van der Waals surface area contributed by atoms with Gasteiger partial charge < -0.3 is 14.8 Å². The van der Waals surface area contributed by atoms with Crippen molar-refractivity contribution < 1.29 is 14.3 Å². The third-order valence-electron chi connectivity index (χ3n) is 3.98. The number of hydrogen-bond acceptors (Lipinski definition) is 5. The average Bonchev–Trinajstić information content (AvgIpc) is 3.14. The van der Waals surface area contributed by atoms with Crippen LogP contribution in [0.25, 0.3) is 0 Å². The fourth-order valence-electron chi connectivity index (χ4n) is 2.52. The summed E-state index contributed by atoms with van der Waals surface area (Å²) in [6, 6.07) is 17.4. The highest BCUT2D eigenvalue weighted by atomic mass is 32.1. The lowest BCUT2D eigenvalue weighted by Crippen LogP contribution is -2.35. The Hall–Kier alpha value is -2.86. The average molecular weight is 382 g/mol. The van der Waals surface area contributed by atoms with Gasteiger partial charge in [-0.1, -0.05) is 30.3 Å². The van der Waals surface area contributed by atoms with Crippen molar-refractivity contribution in [3.63, 3.8) is 0 Å². The summed E-state index contributed by atoms with van der Waals surface area (Å²) in [5.74, 6) is 1.19. The maximum atomic E-state index is 12.3. The second kappa shape index (κ2) is 9.19. The molecule has 0 aliphatic carbocycles. The van der Waals surface area contributed by atoms with E-state index in [0.29, 0.717) is 12.3 Å². The van der Waals surface area contributed by atoms with Crippen LogP contribution in [0.15, 0.2) is 60.0 Å². The van der Waals surface area contributed by atoms with E-state index in [4.69, 9.17) is 9.47 Å². The number of carbonyl (C=O) groups is 1. The Bertz CT molecular complexity index is 863. The highest BCUT2D eigenvalue weighted by Gasteiger charge is 2.15. The van der Waals surface area contributed by atoms with E-state index in [2.05, 4.69) is 22.4 Å². The van der Waals surface area contributed by atoms with Crippen molar-refractivity contribution in [2.24, 2.45) is 0 Å². The summed E-state index contributed by atoms with van der Waals surface area (Å²) in [7, 11) is 1.61. The molecule has 0 aliphatic heterocycles. The Morgan fingerprint density at radius 3 is 2.52 bits per heavy atom. The first-order chi connectivity index (χ1) is 13.1. The summed E-state index contributed by atoms with van der Waals surface area (Å²) in [5, 5.41) is 5.89. The van der Waals surface area contributed by atoms with Crippen molar-refractivity contribution in [2.45, 2.75) is 26.0 Å². The second-order valence-electron chi connectivity index (χ2n) is 6.05. The summed E-state index contributed by atoms with van der Waals surface area (Å²) < 4.78 is 10.8. The second-order valence-corrected chi connectivity index (χ2v) is 6.99. The van der Waals surface area contributed by atoms with E-state index in [1.54, 1.807) is 49.6 Å². The van der Waals surface area contributed by atoms with E-state index in [1.807, 2.05) is 23.6 Å². The van der Waals surface area contributed by atoms with Crippen LogP contribution in [0.1, 0.15) is 23.2 Å². The van der Waals surface area contributed by atoms with Gasteiger partial charge in [0.1, 0.15) is 11.5 Å². The van der Waals surface area contributed by atoms with Gasteiger partial charge in [-0.05, 0) is 36.8 Å². The summed E-state index contributed by atoms with van der Waals surface area (Å²) in [6.07, 6.45) is 0.206. The molecule has 2 aromatic carbocycles. The van der Waals surface area contributed by atoms with Crippen LogP contribution in [-0.2, 0) is 17.8 Å². The number of methoxy groups -OCH3 is 1. The molecule has 1 heterocycles. The summed E-state index contributed by atoms with van der Waals surface area (Å²) in [4.78, 5) is 16.8. The smallest absolute Gasteiger partial charge is 0.261 e. The SMILES string of the molecule is COc1ccc(OC(C)C(=O)NCc2csc(Cc3ccccc3)n2)cc1. The van der Waals surface area contributed by atoms with Gasteiger partial charge in [-0.15, -0.1) is 11.3 Å². The molecule has 140 valence electrons. The molecule has 1 atom stereocenters. The van der Waals surface area contributed by atoms with Crippen LogP contribution < -0.4 is 14.8 Å². The van der Waals surface area contributed by atoms with E-state index in [0.717, 1.165) is 22.9 Å². The van der Waals surface area contributed by atoms with Crippen LogP contribution in [0, 0.1) is 0 Å². The van der Waals surface area contributed by atoms with Crippen molar-refractivity contribution >= 4 is 17.2 Å². The zero-order valence-corrected chi connectivity index (χ0v) is 16.2. The number of amides is 1. The molecule has 27 heavy (non-hydrogen) atoms. The molecule has 0 saturated heterocycles. The standard InChI is InChI=1S/C21H22N2O3S/c1-15(26-19-10-8-18(25-2)9-11-19)21(24)22-13-17-14-27-20(23-17)12-16-6-4-3-5-7-16/h3-11,14-15H,12-13H2,1-2H3,(H,22,24). The van der Waals surface area contributed by atoms with E-state index in [-0.39, 0.29) is 5.91 Å². The van der Waals surface area contributed by atoms with Crippen LogP contribution in [0.3, 0.4) is 0 Å². The minimum atomic E-state index is -0.596. The lowest BCUT2D eigenvalue weighted by Gasteiger charge is -2.14. The molecule has 1 unspecified atom stereocenters. The molecule has 0 bridgehead atoms. The molecule has 0 spiro atoms. The largest absolute Gasteiger partial charge is 0.497 e. The number of hydrogen-bond donors (Lipinski definition) is 1. The third-order valence-corrected chi connectivity index (χ3v) is 4.88. The number of carbonyl (C=O) groups excluding carboxylic acids is 1. The van der Waals surface area contributed by atoms with Crippen LogP contribution >= 0.6 is 11.3 Å². The monoisotopic (exact) mass is 382 g/mol. The molecular formula is C21H22N2O3S. The van der Waals surface area contributed by atoms with Gasteiger partial charge in [0.15, 0.2) is 6.10 Å². The lowest BCUT2D eigenvalue weighted by molar-refractivity contribution is -0.127. The Balaban J connectivity index is 1.48. The molecular weight excluding hydrogens is 360 g/mol. The number of rotatable bonds is 8. The molecule has 0 radical (unpaired) electrons. The first-order valence-corrected chi connectivity index (χ1v) is 9.57. The number of aromatic nitrogens is 1. The van der Waals surface area contributed by atoms with Crippen molar-refractivity contribution in [3.8, 4) is 11.5 Å². The molecule has 1 aromatic heterocycles. The number of ether oxygens (including phenoxy) is 2. The van der Waals surface area contributed by atoms with Gasteiger partial charge in [0.2, 0.25) is 0 Å². The molecule has 6 heteroatoms. The summed E-state index contributed by atoms with van der Waals surface area (Å²) in [5.41, 5.74) is 2.08. The maximum Gasteiger partial charge on any atom is 0.261 e. The zero-order valence-electron chi connectivity index (χ0n) is 15.3. The first kappa shape index (κ1) is 18.9. The van der Waals surface area contributed by atoms with Gasteiger partial charge >= 0.3 is 0 Å². The van der Waals surface area contributed by atoms with E-state index in [9.17, 15) is 4.79 Å². The lowest BCUT2D eigenvalue weighted by atomic mass is 10.2. The van der Waals surface area contributed by atoms with Crippen molar-refractivity contribution in [3.05, 3.63) is 76.2 Å². The predicted octanol–water partition coefficient (Wildman–Crippen LogP) is 3.83. The molecule has 3 rings (SSSR count). The molecule has 1 amide bonds. The van der Waals surface area contributed by atoms with Gasteiger partial charge in [-0.2, -0.15) is 0 Å². The minimum Gasteiger partial charge on any atom is -0.497 e. The van der Waals surface area contributed by atoms with Crippen LogP contribution in [0.2, 0.25) is 0 Å². The first-order valence-electron chi connectivity index (χ1n) is 8.69. The van der Waals surface area contributed by atoms with Gasteiger partial charge in [0.05, 0.1) is 24.4 Å². The maximum absolute atomic E-state index is 12.3. The summed E-state index contributed by atoms with van der Waals surface area (Å²) in [6.45, 7) is 2.11. The van der Waals surface area contributed by atoms with Gasteiger partial charge in [-0.25, -0.2) is 4.98 Å². The predicted molar refractivity (Wildman–Crippen MR) is 106 cm³/mol. The van der Waals surface area contributed by atoms with Crippen LogP contribution in [0.4, 0.5) is 0 Å². The van der Waals surface area contributed by atoms with Gasteiger partial charge in [-0.3, -0.25) is 4.79 Å². The normalized spacial score (nSPS) is 11.6. The molecule has 0 saturated carbocycles. The fraction of sp³-hybridized carbons (Fsp3) is 0.238. The molecule has 3 aromatic rings. The van der Waals surface area contributed by atoms with Crippen molar-refractivity contribution in [2.75, 3.05) is 7.11 Å². The number of nitrogens with one attached hydrogen (secondary N) is 1. The van der Waals surface area contributed by atoms with E-state index >= 15 is 0 Å². The Morgan fingerprint density at radius 1 is 1.11 bits per heavy atom. The highest BCUT2D eigenvalue weighted by molar-refractivity contribution is 7.09. The fourth-order valence-corrected chi connectivity index (χ4v) is 3.34. The van der Waals surface area contributed by atoms with E-state index in [1.165, 1.54) is 5.56 Å². The van der Waals surface area contributed by atoms with E-state index < -0.39 is 6.10 Å². The minimum absolute atomic E-state index is 0.177. The summed E-state index contributed by atoms with van der Waals surface area (Å²) >= 11 is 1.61. The quantitative estimate of drug-likeness (QED) is 0.643. The highest BCUT2D eigenvalue weighted by Crippen LogP contribution is 2.18. The molecule has 1 N–H and O–H groups in total. The Kier molecular flexibility index (Phi) is 6.44. The molecule has 5 nitrogen and oxygen atoms in total. The van der Waals surface area contributed by atoms with Crippen LogP contribution in [0.5, 0.6) is 11.5 Å². The zero-order chi connectivity index (χ0) is 19.1. The van der Waals surface area contributed by atoms with Gasteiger partial charge in [0, 0.05) is 11.8 Å². The Labute approximate surface area is 163 Å². The number of thiazole rings is 1. The van der Waals surface area contributed by atoms with Crippen LogP contribution in [-0.4, -0.2) is 24.1 Å². The van der Waals surface area contributed by atoms with Crippen molar-refractivity contribution in [1.29, 1.82) is 0 Å². The molecule has 0 fully saturated rings. The Morgan fingerprint density at radius 2 is 1.81 bits per heavy atom. The van der Waals surface area contributed by atoms with Gasteiger partial charge in [0.25, 0.3) is 5.91 Å². The number of nitrogens with zero attached hydrogens (tertiary/aromatic N) is 1. The third kappa shape index (κ3) is 5.56. The topological polar surface area (TPSA) is 60.5 Å². The molecule has 0 aliphatic rings. The number of benzene rings is 2.